The molecule has 0 atom stereocenters. The average Bonchev–Trinajstić information content (AvgIpc) is 2.82. The van der Waals surface area contributed by atoms with Crippen LogP contribution in [0.2, 0.25) is 0 Å². The predicted molar refractivity (Wildman–Crippen MR) is 144 cm³/mol. The molecule has 2 N–H and O–H groups in total. The number of amides is 1. The van der Waals surface area contributed by atoms with E-state index in [2.05, 4.69) is 51.6 Å². The van der Waals surface area contributed by atoms with Crippen molar-refractivity contribution in [3.63, 3.8) is 0 Å². The van der Waals surface area contributed by atoms with Crippen LogP contribution < -0.4 is 10.6 Å². The van der Waals surface area contributed by atoms with Crippen molar-refractivity contribution in [2.75, 3.05) is 26.2 Å². The lowest BCUT2D eigenvalue weighted by atomic mass is 9.78. The Labute approximate surface area is 212 Å². The van der Waals surface area contributed by atoms with Crippen LogP contribution >= 0.6 is 12.2 Å². The first-order valence-corrected chi connectivity index (χ1v) is 14.1. The maximum Gasteiger partial charge on any atom is 0.239 e. The minimum Gasteiger partial charge on any atom is -0.353 e. The van der Waals surface area contributed by atoms with Gasteiger partial charge in [-0.1, -0.05) is 81.2 Å². The summed E-state index contributed by atoms with van der Waals surface area (Å²) in [5, 5.41) is 7.28. The van der Waals surface area contributed by atoms with E-state index in [1.807, 2.05) is 0 Å². The van der Waals surface area contributed by atoms with Crippen LogP contribution in [0.15, 0.2) is 24.3 Å². The number of piperazine rings is 1. The normalized spacial score (nSPS) is 22.1. The van der Waals surface area contributed by atoms with Crippen LogP contribution in [0.3, 0.4) is 0 Å². The summed E-state index contributed by atoms with van der Waals surface area (Å²) in [4.78, 5) is 17.7. The number of thiocarbonyl (C=S) groups is 1. The van der Waals surface area contributed by atoms with Gasteiger partial charge >= 0.3 is 0 Å². The first-order valence-electron chi connectivity index (χ1n) is 13.7. The molecule has 0 radical (unpaired) electrons. The van der Waals surface area contributed by atoms with Crippen molar-refractivity contribution in [1.29, 1.82) is 0 Å². The third-order valence-corrected chi connectivity index (χ3v) is 8.63. The van der Waals surface area contributed by atoms with Crippen molar-refractivity contribution in [1.82, 2.24) is 20.4 Å². The quantitative estimate of drug-likeness (QED) is 0.581. The SMILES string of the molecule is Cc1ccc(CN2CCN(C(=S)NCC(=O)NC3CCCCCCC3)CC23CCCCC3)cc1. The Morgan fingerprint density at radius 2 is 1.62 bits per heavy atom. The van der Waals surface area contributed by atoms with Crippen molar-refractivity contribution in [3.8, 4) is 0 Å². The van der Waals surface area contributed by atoms with Gasteiger partial charge in [-0.3, -0.25) is 9.69 Å². The average molecular weight is 485 g/mol. The second-order valence-corrected chi connectivity index (χ2v) is 11.3. The lowest BCUT2D eigenvalue weighted by Gasteiger charge is -2.53. The lowest BCUT2D eigenvalue weighted by Crippen LogP contribution is -2.64. The minimum absolute atomic E-state index is 0.0818. The van der Waals surface area contributed by atoms with Crippen LogP contribution in [0.5, 0.6) is 0 Å². The van der Waals surface area contributed by atoms with Gasteiger partial charge in [-0.2, -0.15) is 0 Å². The molecule has 1 aromatic carbocycles. The Kier molecular flexibility index (Phi) is 9.24. The monoisotopic (exact) mass is 484 g/mol. The van der Waals surface area contributed by atoms with E-state index in [0.29, 0.717) is 6.04 Å². The van der Waals surface area contributed by atoms with Gasteiger partial charge in [-0.25, -0.2) is 0 Å². The summed E-state index contributed by atoms with van der Waals surface area (Å²) in [5.41, 5.74) is 2.90. The van der Waals surface area contributed by atoms with E-state index in [-0.39, 0.29) is 18.0 Å². The number of nitrogens with zero attached hydrogens (tertiary/aromatic N) is 2. The van der Waals surface area contributed by atoms with Gasteiger partial charge in [0.1, 0.15) is 0 Å². The van der Waals surface area contributed by atoms with Crippen LogP contribution in [0.4, 0.5) is 0 Å². The van der Waals surface area contributed by atoms with Crippen LogP contribution in [-0.2, 0) is 11.3 Å². The maximum atomic E-state index is 12.6. The molecule has 34 heavy (non-hydrogen) atoms. The molecular formula is C28H44N4OS. The number of rotatable bonds is 5. The summed E-state index contributed by atoms with van der Waals surface area (Å²) in [7, 11) is 0. The first-order chi connectivity index (χ1) is 16.5. The second kappa shape index (κ2) is 12.3. The topological polar surface area (TPSA) is 47.6 Å². The van der Waals surface area contributed by atoms with Gasteiger partial charge in [0.15, 0.2) is 5.11 Å². The van der Waals surface area contributed by atoms with Crippen LogP contribution in [0.25, 0.3) is 0 Å². The van der Waals surface area contributed by atoms with Gasteiger partial charge in [-0.05, 0) is 50.4 Å². The van der Waals surface area contributed by atoms with Crippen molar-refractivity contribution in [2.45, 2.75) is 102 Å². The lowest BCUT2D eigenvalue weighted by molar-refractivity contribution is -0.120. The Morgan fingerprint density at radius 1 is 0.971 bits per heavy atom. The highest BCUT2D eigenvalue weighted by atomic mass is 32.1. The molecule has 0 bridgehead atoms. The number of benzene rings is 1. The van der Waals surface area contributed by atoms with Gasteiger partial charge in [0, 0.05) is 37.8 Å². The summed E-state index contributed by atoms with van der Waals surface area (Å²) in [6.45, 7) is 6.35. The molecule has 3 aliphatic rings. The maximum absolute atomic E-state index is 12.6. The molecule has 0 unspecified atom stereocenters. The molecule has 6 heteroatoms. The van der Waals surface area contributed by atoms with E-state index in [1.165, 1.54) is 75.3 Å². The molecule has 3 fully saturated rings. The van der Waals surface area contributed by atoms with E-state index in [9.17, 15) is 4.79 Å². The Morgan fingerprint density at radius 3 is 2.32 bits per heavy atom. The van der Waals surface area contributed by atoms with Crippen molar-refractivity contribution < 1.29 is 4.79 Å². The standard InChI is InChI=1S/C28H44N4OS/c1-23-12-14-24(15-13-23)21-32-19-18-31(22-28(32)16-8-5-9-17-28)27(34)29-20-26(33)30-25-10-6-3-2-4-7-11-25/h12-15,25H,2-11,16-22H2,1H3,(H,29,34)(H,30,33). The highest BCUT2D eigenvalue weighted by Crippen LogP contribution is 2.37. The van der Waals surface area contributed by atoms with E-state index >= 15 is 0 Å². The van der Waals surface area contributed by atoms with Gasteiger partial charge < -0.3 is 15.5 Å². The van der Waals surface area contributed by atoms with E-state index in [1.54, 1.807) is 0 Å². The summed E-state index contributed by atoms with van der Waals surface area (Å²) >= 11 is 5.79. The highest BCUT2D eigenvalue weighted by Gasteiger charge is 2.42. The largest absolute Gasteiger partial charge is 0.353 e. The van der Waals surface area contributed by atoms with Crippen LogP contribution in [0, 0.1) is 6.92 Å². The van der Waals surface area contributed by atoms with Gasteiger partial charge in [0.2, 0.25) is 5.91 Å². The summed E-state index contributed by atoms with van der Waals surface area (Å²) < 4.78 is 0. The van der Waals surface area contributed by atoms with Crippen molar-refractivity contribution in [3.05, 3.63) is 35.4 Å². The van der Waals surface area contributed by atoms with Gasteiger partial charge in [-0.15, -0.1) is 0 Å². The smallest absolute Gasteiger partial charge is 0.239 e. The number of hydrogen-bond acceptors (Lipinski definition) is 3. The number of carbonyl (C=O) groups is 1. The van der Waals surface area contributed by atoms with Crippen LogP contribution in [-0.4, -0.2) is 58.6 Å². The zero-order valence-electron chi connectivity index (χ0n) is 21.1. The zero-order valence-corrected chi connectivity index (χ0v) is 21.9. The zero-order chi connectivity index (χ0) is 23.8. The molecule has 1 aliphatic heterocycles. The molecule has 1 amide bonds. The number of nitrogens with one attached hydrogen (secondary N) is 2. The molecule has 1 heterocycles. The third-order valence-electron chi connectivity index (χ3n) is 8.23. The van der Waals surface area contributed by atoms with Crippen molar-refractivity contribution >= 4 is 23.2 Å². The molecule has 1 aromatic rings. The predicted octanol–water partition coefficient (Wildman–Crippen LogP) is 4.92. The minimum atomic E-state index is 0.0818. The fourth-order valence-electron chi connectivity index (χ4n) is 6.18. The third kappa shape index (κ3) is 6.94. The Balaban J connectivity index is 1.30. The molecule has 5 nitrogen and oxygen atoms in total. The Bertz CT molecular complexity index is 797. The second-order valence-electron chi connectivity index (χ2n) is 10.9. The van der Waals surface area contributed by atoms with E-state index in [0.717, 1.165) is 44.1 Å². The van der Waals surface area contributed by atoms with E-state index in [4.69, 9.17) is 12.2 Å². The molecule has 0 aromatic heterocycles. The van der Waals surface area contributed by atoms with Gasteiger partial charge in [0.25, 0.3) is 0 Å². The number of hydrogen-bond donors (Lipinski definition) is 2. The fourth-order valence-corrected chi connectivity index (χ4v) is 6.41. The Hall–Kier alpha value is -1.66. The number of carbonyl (C=O) groups excluding carboxylic acids is 1. The molecule has 1 saturated heterocycles. The number of aryl methyl sites for hydroxylation is 1. The summed E-state index contributed by atoms with van der Waals surface area (Å²) in [5.74, 6) is 0.0818. The summed E-state index contributed by atoms with van der Waals surface area (Å²) in [6.07, 6.45) is 15.0. The molecule has 1 spiro atoms. The van der Waals surface area contributed by atoms with Crippen molar-refractivity contribution in [2.24, 2.45) is 0 Å². The van der Waals surface area contributed by atoms with Gasteiger partial charge in [0.05, 0.1) is 6.54 Å². The molecule has 4 rings (SSSR count). The molecular weight excluding hydrogens is 440 g/mol. The highest BCUT2D eigenvalue weighted by molar-refractivity contribution is 7.80. The molecule has 2 aliphatic carbocycles. The summed E-state index contributed by atoms with van der Waals surface area (Å²) in [6, 6.07) is 9.33. The van der Waals surface area contributed by atoms with Crippen LogP contribution in [0.1, 0.15) is 88.2 Å². The fraction of sp³-hybridized carbons (Fsp3) is 0.714. The van der Waals surface area contributed by atoms with E-state index < -0.39 is 0 Å². The molecule has 2 saturated carbocycles. The first kappa shape index (κ1) is 25.4. The molecule has 188 valence electrons.